The van der Waals surface area contributed by atoms with E-state index < -0.39 is 11.6 Å². The molecule has 0 aliphatic rings. The first kappa shape index (κ1) is 11.1. The Kier molecular flexibility index (Phi) is 2.91. The van der Waals surface area contributed by atoms with Gasteiger partial charge in [0.05, 0.1) is 17.2 Å². The molecule has 0 atom stereocenters. The highest BCUT2D eigenvalue weighted by molar-refractivity contribution is 9.10. The fraction of sp³-hybridized carbons (Fsp3) is 0.100. The lowest BCUT2D eigenvalue weighted by Gasteiger charge is -2.04. The Hall–Kier alpha value is -1.43. The number of nitrogens with two attached hydrogens (primary N) is 1. The number of rotatable bonds is 2. The summed E-state index contributed by atoms with van der Waals surface area (Å²) >= 11 is 3.21. The molecule has 0 saturated heterocycles. The number of aromatic nitrogens is 2. The molecule has 6 heteroatoms. The SMILES string of the molecule is Nc1c(Br)cnn1Cc1ccc(F)c(F)c1. The lowest BCUT2D eigenvalue weighted by molar-refractivity contribution is 0.506. The fourth-order valence-corrected chi connectivity index (χ4v) is 1.61. The normalized spacial score (nSPS) is 10.7. The molecule has 0 aliphatic carbocycles. The van der Waals surface area contributed by atoms with Gasteiger partial charge in [0.25, 0.3) is 0 Å². The molecule has 0 radical (unpaired) electrons. The van der Waals surface area contributed by atoms with E-state index >= 15 is 0 Å². The Labute approximate surface area is 99.0 Å². The predicted octanol–water partition coefficient (Wildman–Crippen LogP) is 2.55. The van der Waals surface area contributed by atoms with E-state index in [4.69, 9.17) is 5.73 Å². The van der Waals surface area contributed by atoms with Gasteiger partial charge in [-0.2, -0.15) is 5.10 Å². The molecule has 2 rings (SSSR count). The number of anilines is 1. The first-order chi connectivity index (χ1) is 7.58. The molecule has 2 N–H and O–H groups in total. The third kappa shape index (κ3) is 2.06. The number of nitrogens with zero attached hydrogens (tertiary/aromatic N) is 2. The molecule has 1 heterocycles. The Morgan fingerprint density at radius 3 is 2.62 bits per heavy atom. The van der Waals surface area contributed by atoms with E-state index in [1.165, 1.54) is 10.7 Å². The van der Waals surface area contributed by atoms with Gasteiger partial charge in [-0.3, -0.25) is 0 Å². The molecule has 0 amide bonds. The molecular weight excluding hydrogens is 280 g/mol. The number of nitrogen functional groups attached to an aromatic ring is 1. The van der Waals surface area contributed by atoms with Crippen LogP contribution in [0, 0.1) is 11.6 Å². The largest absolute Gasteiger partial charge is 0.383 e. The maximum absolute atomic E-state index is 12.9. The molecule has 84 valence electrons. The average molecular weight is 288 g/mol. The highest BCUT2D eigenvalue weighted by Crippen LogP contribution is 2.19. The molecule has 0 spiro atoms. The van der Waals surface area contributed by atoms with Crippen molar-refractivity contribution in [1.82, 2.24) is 9.78 Å². The van der Waals surface area contributed by atoms with Crippen molar-refractivity contribution in [3.63, 3.8) is 0 Å². The van der Waals surface area contributed by atoms with Gasteiger partial charge in [-0.05, 0) is 33.6 Å². The van der Waals surface area contributed by atoms with Gasteiger partial charge >= 0.3 is 0 Å². The molecule has 0 saturated carbocycles. The van der Waals surface area contributed by atoms with Crippen LogP contribution in [0.1, 0.15) is 5.56 Å². The van der Waals surface area contributed by atoms with Gasteiger partial charge < -0.3 is 5.73 Å². The fourth-order valence-electron chi connectivity index (χ4n) is 1.31. The van der Waals surface area contributed by atoms with Crippen LogP contribution in [0.4, 0.5) is 14.6 Å². The van der Waals surface area contributed by atoms with Gasteiger partial charge in [0.2, 0.25) is 0 Å². The van der Waals surface area contributed by atoms with Crippen molar-refractivity contribution in [2.75, 3.05) is 5.73 Å². The lowest BCUT2D eigenvalue weighted by Crippen LogP contribution is -2.06. The Morgan fingerprint density at radius 2 is 2.06 bits per heavy atom. The average Bonchev–Trinajstić information content (AvgIpc) is 2.55. The molecule has 2 aromatic rings. The molecule has 1 aromatic heterocycles. The van der Waals surface area contributed by atoms with E-state index in [2.05, 4.69) is 21.0 Å². The van der Waals surface area contributed by atoms with Crippen molar-refractivity contribution in [3.05, 3.63) is 46.1 Å². The second kappa shape index (κ2) is 4.21. The van der Waals surface area contributed by atoms with Gasteiger partial charge in [0.1, 0.15) is 5.82 Å². The van der Waals surface area contributed by atoms with E-state index in [1.54, 1.807) is 6.20 Å². The monoisotopic (exact) mass is 287 g/mol. The summed E-state index contributed by atoms with van der Waals surface area (Å²) in [5.41, 5.74) is 6.30. The molecule has 0 fully saturated rings. The van der Waals surface area contributed by atoms with E-state index in [1.807, 2.05) is 0 Å². The molecule has 0 aliphatic heterocycles. The van der Waals surface area contributed by atoms with Gasteiger partial charge in [-0.25, -0.2) is 13.5 Å². The zero-order valence-electron chi connectivity index (χ0n) is 8.12. The van der Waals surface area contributed by atoms with Crippen molar-refractivity contribution in [2.24, 2.45) is 0 Å². The van der Waals surface area contributed by atoms with E-state index in [-0.39, 0.29) is 0 Å². The Balaban J connectivity index is 2.27. The van der Waals surface area contributed by atoms with Crippen LogP contribution >= 0.6 is 15.9 Å². The van der Waals surface area contributed by atoms with Crippen LogP contribution in [0.5, 0.6) is 0 Å². The molecule has 0 bridgehead atoms. The summed E-state index contributed by atoms with van der Waals surface area (Å²) in [7, 11) is 0. The summed E-state index contributed by atoms with van der Waals surface area (Å²) in [5, 5.41) is 3.99. The molecular formula is C10H8BrF2N3. The summed E-state index contributed by atoms with van der Waals surface area (Å²) < 4.78 is 27.8. The van der Waals surface area contributed by atoms with Gasteiger partial charge in [-0.1, -0.05) is 6.07 Å². The van der Waals surface area contributed by atoms with Crippen LogP contribution in [0.3, 0.4) is 0 Å². The van der Waals surface area contributed by atoms with Crippen molar-refractivity contribution in [3.8, 4) is 0 Å². The zero-order chi connectivity index (χ0) is 11.7. The van der Waals surface area contributed by atoms with Crippen LogP contribution in [-0.2, 0) is 6.54 Å². The minimum Gasteiger partial charge on any atom is -0.383 e. The Bertz CT molecular complexity index is 525. The zero-order valence-corrected chi connectivity index (χ0v) is 9.71. The first-order valence-corrected chi connectivity index (χ1v) is 5.28. The second-order valence-electron chi connectivity index (χ2n) is 3.28. The number of halogens is 3. The van der Waals surface area contributed by atoms with E-state index in [0.29, 0.717) is 22.4 Å². The van der Waals surface area contributed by atoms with Crippen LogP contribution in [-0.4, -0.2) is 9.78 Å². The van der Waals surface area contributed by atoms with Crippen LogP contribution in [0.15, 0.2) is 28.9 Å². The predicted molar refractivity (Wildman–Crippen MR) is 59.8 cm³/mol. The Morgan fingerprint density at radius 1 is 1.31 bits per heavy atom. The first-order valence-electron chi connectivity index (χ1n) is 4.48. The summed E-state index contributed by atoms with van der Waals surface area (Å²) in [6.45, 7) is 0.300. The molecule has 3 nitrogen and oxygen atoms in total. The molecule has 1 aromatic carbocycles. The number of hydrogen-bond acceptors (Lipinski definition) is 2. The number of hydrogen-bond donors (Lipinski definition) is 1. The van der Waals surface area contributed by atoms with Gasteiger partial charge in [-0.15, -0.1) is 0 Å². The summed E-state index contributed by atoms with van der Waals surface area (Å²) in [6.07, 6.45) is 1.55. The van der Waals surface area contributed by atoms with Crippen molar-refractivity contribution >= 4 is 21.7 Å². The van der Waals surface area contributed by atoms with Crippen LogP contribution in [0.25, 0.3) is 0 Å². The second-order valence-corrected chi connectivity index (χ2v) is 4.14. The lowest BCUT2D eigenvalue weighted by atomic mass is 10.2. The van der Waals surface area contributed by atoms with Crippen molar-refractivity contribution < 1.29 is 8.78 Å². The summed E-state index contributed by atoms with van der Waals surface area (Å²) in [4.78, 5) is 0. The minimum absolute atomic E-state index is 0.300. The smallest absolute Gasteiger partial charge is 0.159 e. The third-order valence-corrected chi connectivity index (χ3v) is 2.76. The molecule has 0 unspecified atom stereocenters. The topological polar surface area (TPSA) is 43.8 Å². The maximum Gasteiger partial charge on any atom is 0.159 e. The highest BCUT2D eigenvalue weighted by atomic mass is 79.9. The third-order valence-electron chi connectivity index (χ3n) is 2.15. The van der Waals surface area contributed by atoms with E-state index in [0.717, 1.165) is 12.1 Å². The van der Waals surface area contributed by atoms with Gasteiger partial charge in [0.15, 0.2) is 11.6 Å². The van der Waals surface area contributed by atoms with E-state index in [9.17, 15) is 8.78 Å². The quantitative estimate of drug-likeness (QED) is 0.923. The summed E-state index contributed by atoms with van der Waals surface area (Å²) in [6, 6.07) is 3.71. The van der Waals surface area contributed by atoms with Gasteiger partial charge in [0, 0.05) is 0 Å². The highest BCUT2D eigenvalue weighted by Gasteiger charge is 2.07. The van der Waals surface area contributed by atoms with Crippen molar-refractivity contribution in [2.45, 2.75) is 6.54 Å². The molecule has 16 heavy (non-hydrogen) atoms. The number of benzene rings is 1. The van der Waals surface area contributed by atoms with Crippen molar-refractivity contribution in [1.29, 1.82) is 0 Å². The maximum atomic E-state index is 12.9. The van der Waals surface area contributed by atoms with Crippen LogP contribution < -0.4 is 5.73 Å². The van der Waals surface area contributed by atoms with Crippen LogP contribution in [0.2, 0.25) is 0 Å². The minimum atomic E-state index is -0.873. The summed E-state index contributed by atoms with van der Waals surface area (Å²) in [5.74, 6) is -1.29. The standard InChI is InChI=1S/C10H8BrF2N3/c11-7-4-15-16(10(7)14)5-6-1-2-8(12)9(13)3-6/h1-4H,5,14H2.